The molecule has 0 aliphatic heterocycles. The van der Waals surface area contributed by atoms with Crippen LogP contribution in [-0.2, 0) is 6.18 Å². The first-order chi connectivity index (χ1) is 16.6. The molecular weight excluding hydrogens is 494 g/mol. The number of nitrogens with one attached hydrogen (secondary N) is 1. The largest absolute Gasteiger partial charge is 1.00 e. The first-order valence-electron chi connectivity index (χ1n) is 10.8. The molecule has 3 aromatic carbocycles. The normalized spacial score (nSPS) is 10.1. The summed E-state index contributed by atoms with van der Waals surface area (Å²) >= 11 is 0. The molecule has 0 radical (unpaired) electrons. The van der Waals surface area contributed by atoms with Crippen LogP contribution in [0.15, 0.2) is 79.0 Å². The molecule has 1 aromatic heterocycles. The predicted molar refractivity (Wildman–Crippen MR) is 133 cm³/mol. The molecule has 0 aliphatic rings. The van der Waals surface area contributed by atoms with Gasteiger partial charge >= 0.3 is 57.6 Å². The Bertz CT molecular complexity index is 1230. The molecule has 0 atom stereocenters. The standard InChI is InChI=1S/C18H12F3NO2.C7H9N2.C2H6.K/c19-18(20,21)13-5-7-14(8-6-13)24-16-3-1-2-11-10-12(17(22)23)4-9-15(11)16;1-9(2)7-3-5-8-6-4-7;1-2;/h1-10H,(H2,22,23);3-5H,1-2H3;1-2H3;/q;-1;;+1/p-1. The number of aromatic nitrogens is 1. The van der Waals surface area contributed by atoms with Crippen molar-refractivity contribution in [2.45, 2.75) is 20.0 Å². The van der Waals surface area contributed by atoms with Crippen molar-refractivity contribution < 1.29 is 74.1 Å². The van der Waals surface area contributed by atoms with Crippen LogP contribution in [0.2, 0.25) is 0 Å². The van der Waals surface area contributed by atoms with Gasteiger partial charge < -0.3 is 25.1 Å². The maximum Gasteiger partial charge on any atom is 1.00 e. The Kier molecular flexibility index (Phi) is 13.1. The van der Waals surface area contributed by atoms with Gasteiger partial charge in [-0.25, -0.2) is 0 Å². The molecule has 0 saturated carbocycles. The van der Waals surface area contributed by atoms with Crippen LogP contribution >= 0.6 is 0 Å². The molecule has 9 heteroatoms. The van der Waals surface area contributed by atoms with Crippen LogP contribution in [0.1, 0.15) is 29.8 Å². The van der Waals surface area contributed by atoms with Gasteiger partial charge in [-0.15, -0.1) is 12.1 Å². The quantitative estimate of drug-likeness (QED) is 0.286. The number of halogens is 3. The van der Waals surface area contributed by atoms with Crippen LogP contribution in [0.25, 0.3) is 16.5 Å². The van der Waals surface area contributed by atoms with E-state index in [0.717, 1.165) is 17.8 Å². The van der Waals surface area contributed by atoms with Crippen molar-refractivity contribution in [1.82, 2.24) is 4.98 Å². The number of nitrogens with zero attached hydrogens (tertiary/aromatic N) is 2. The van der Waals surface area contributed by atoms with Crippen molar-refractivity contribution in [2.75, 3.05) is 19.0 Å². The second-order valence-electron chi connectivity index (χ2n) is 7.18. The van der Waals surface area contributed by atoms with E-state index in [4.69, 9.17) is 10.5 Å². The topological polar surface area (TPSA) is 66.2 Å². The zero-order valence-electron chi connectivity index (χ0n) is 20.9. The van der Waals surface area contributed by atoms with Crippen molar-refractivity contribution in [3.63, 3.8) is 0 Å². The smallest absolute Gasteiger partial charge is 0.664 e. The number of hydrogen-bond acceptors (Lipinski definition) is 4. The van der Waals surface area contributed by atoms with Crippen molar-refractivity contribution in [1.29, 1.82) is 0 Å². The summed E-state index contributed by atoms with van der Waals surface area (Å²) in [6.45, 7) is 4.00. The van der Waals surface area contributed by atoms with Gasteiger partial charge in [-0.1, -0.05) is 50.1 Å². The van der Waals surface area contributed by atoms with E-state index < -0.39 is 17.6 Å². The minimum atomic E-state index is -4.39. The molecule has 0 unspecified atom stereocenters. The van der Waals surface area contributed by atoms with Gasteiger partial charge in [0.15, 0.2) is 0 Å². The molecule has 1 heterocycles. The minimum Gasteiger partial charge on any atom is -0.664 e. The van der Waals surface area contributed by atoms with Crippen LogP contribution in [0.5, 0.6) is 11.5 Å². The average molecular weight is 521 g/mol. The zero-order valence-corrected chi connectivity index (χ0v) is 24.0. The van der Waals surface area contributed by atoms with Crippen molar-refractivity contribution >= 4 is 22.4 Å². The van der Waals surface area contributed by atoms with Gasteiger partial charge in [0, 0.05) is 5.39 Å². The van der Waals surface area contributed by atoms with Gasteiger partial charge in [-0.2, -0.15) is 13.2 Å². The van der Waals surface area contributed by atoms with Gasteiger partial charge in [0.05, 0.1) is 11.5 Å². The van der Waals surface area contributed by atoms with Gasteiger partial charge in [0.25, 0.3) is 0 Å². The van der Waals surface area contributed by atoms with Crippen LogP contribution in [0.4, 0.5) is 18.9 Å². The summed E-state index contributed by atoms with van der Waals surface area (Å²) in [6.07, 6.45) is 0.0904. The molecule has 1 amide bonds. The Labute approximate surface area is 251 Å². The summed E-state index contributed by atoms with van der Waals surface area (Å²) in [5, 5.41) is 1.40. The van der Waals surface area contributed by atoms with Gasteiger partial charge in [-0.05, 0) is 67.5 Å². The Hall–Kier alpha value is -2.43. The van der Waals surface area contributed by atoms with E-state index in [0.29, 0.717) is 16.5 Å². The van der Waals surface area contributed by atoms with E-state index in [1.807, 2.05) is 45.0 Å². The monoisotopic (exact) mass is 520 g/mol. The number of hydrogen-bond donors (Lipinski definition) is 0. The first-order valence-corrected chi connectivity index (χ1v) is 10.8. The fourth-order valence-corrected chi connectivity index (χ4v) is 2.91. The molecule has 1 N–H and O–H groups in total. The van der Waals surface area contributed by atoms with Gasteiger partial charge in [-0.3, -0.25) is 0 Å². The number of amides is 1. The second kappa shape index (κ2) is 15.0. The average Bonchev–Trinajstić information content (AvgIpc) is 2.86. The molecule has 0 fully saturated rings. The summed E-state index contributed by atoms with van der Waals surface area (Å²) in [5.41, 5.74) is 7.78. The number of alkyl halides is 3. The number of rotatable bonds is 4. The summed E-state index contributed by atoms with van der Waals surface area (Å²) < 4.78 is 43.4. The van der Waals surface area contributed by atoms with Crippen LogP contribution in [0.3, 0.4) is 0 Å². The number of pyridine rings is 1. The molecule has 0 aliphatic carbocycles. The van der Waals surface area contributed by atoms with Gasteiger partial charge in [0.1, 0.15) is 11.5 Å². The van der Waals surface area contributed by atoms with E-state index in [-0.39, 0.29) is 62.7 Å². The second-order valence-corrected chi connectivity index (χ2v) is 7.18. The number of carbonyl (C=O) groups excluding carboxylic acids is 1. The summed E-state index contributed by atoms with van der Waals surface area (Å²) in [7, 11) is 3.98. The number of carbonyl (C=O) groups is 1. The molecule has 0 saturated heterocycles. The van der Waals surface area contributed by atoms with Crippen molar-refractivity contribution in [2.24, 2.45) is 0 Å². The third-order valence-corrected chi connectivity index (χ3v) is 4.64. The van der Waals surface area contributed by atoms with E-state index in [9.17, 15) is 18.0 Å². The maximum absolute atomic E-state index is 12.6. The third kappa shape index (κ3) is 9.22. The third-order valence-electron chi connectivity index (χ3n) is 4.64. The molecule has 0 spiro atoms. The van der Waals surface area contributed by atoms with Crippen LogP contribution in [0, 0.1) is 6.20 Å². The summed E-state index contributed by atoms with van der Waals surface area (Å²) in [4.78, 5) is 16.9. The number of anilines is 1. The number of benzene rings is 3. The zero-order chi connectivity index (χ0) is 26.0. The van der Waals surface area contributed by atoms with E-state index >= 15 is 0 Å². The first kappa shape index (κ1) is 31.6. The van der Waals surface area contributed by atoms with E-state index in [1.165, 1.54) is 18.2 Å². The fourth-order valence-electron chi connectivity index (χ4n) is 2.91. The SMILES string of the molecule is CC.CN(C)c1c[c-]ncc1.[K+].[NH-]C(=O)c1ccc2c(Oc3ccc(C(F)(F)F)cc3)cccc2c1. The molecule has 4 rings (SSSR count). The summed E-state index contributed by atoms with van der Waals surface area (Å²) in [6, 6.07) is 18.1. The van der Waals surface area contributed by atoms with Gasteiger partial charge in [0.2, 0.25) is 0 Å². The Morgan fingerprint density at radius 1 is 1.00 bits per heavy atom. The molecule has 4 aromatic rings. The predicted octanol–water partition coefficient (Wildman–Crippen LogP) is 4.82. The minimum absolute atomic E-state index is 0. The molecule has 36 heavy (non-hydrogen) atoms. The summed E-state index contributed by atoms with van der Waals surface area (Å²) in [5.74, 6) is -0.0571. The number of ether oxygens (including phenoxy) is 1. The van der Waals surface area contributed by atoms with Crippen LogP contribution < -0.4 is 61.0 Å². The molecule has 184 valence electrons. The Balaban J connectivity index is 0.000000455. The number of fused-ring (bicyclic) bond motifs is 1. The Morgan fingerprint density at radius 2 is 1.67 bits per heavy atom. The van der Waals surface area contributed by atoms with Crippen LogP contribution in [-0.4, -0.2) is 25.0 Å². The molecular formula is C27H26F3KN3O2-. The van der Waals surface area contributed by atoms with Crippen molar-refractivity contribution in [3.05, 3.63) is 102 Å². The maximum atomic E-state index is 12.6. The Morgan fingerprint density at radius 3 is 2.17 bits per heavy atom. The molecule has 5 nitrogen and oxygen atoms in total. The molecule has 0 bridgehead atoms. The fraction of sp³-hybridized carbons (Fsp3) is 0.185. The van der Waals surface area contributed by atoms with E-state index in [1.54, 1.807) is 36.5 Å². The van der Waals surface area contributed by atoms with E-state index in [2.05, 4.69) is 11.2 Å². The van der Waals surface area contributed by atoms with Crippen molar-refractivity contribution in [3.8, 4) is 11.5 Å².